The molecular formula is C24H23NO5S. The van der Waals surface area contributed by atoms with E-state index in [1.165, 1.54) is 4.88 Å². The molecule has 0 radical (unpaired) electrons. The van der Waals surface area contributed by atoms with E-state index in [2.05, 4.69) is 6.07 Å². The quantitative estimate of drug-likeness (QED) is 0.556. The summed E-state index contributed by atoms with van der Waals surface area (Å²) in [5, 5.41) is 0.453. The second kappa shape index (κ2) is 7.64. The van der Waals surface area contributed by atoms with E-state index in [4.69, 9.17) is 9.47 Å². The third-order valence-corrected chi connectivity index (χ3v) is 7.24. The number of aromatic nitrogens is 1. The third kappa shape index (κ3) is 3.37. The lowest BCUT2D eigenvalue weighted by atomic mass is 9.97. The van der Waals surface area contributed by atoms with Crippen molar-refractivity contribution >= 4 is 34.0 Å². The summed E-state index contributed by atoms with van der Waals surface area (Å²) in [6.45, 7) is 1.94. The number of methoxy groups -OCH3 is 1. The SMILES string of the molecule is CCOC(=O)c1cn(C2CC2)c2c(OC)c(-c3cc4c(s3)CCC(=O)C4)ccc2c1=O. The molecule has 3 aromatic rings. The maximum absolute atomic E-state index is 13.1. The fraction of sp³-hybridized carbons (Fsp3) is 0.375. The molecule has 0 spiro atoms. The molecule has 2 aromatic heterocycles. The molecule has 1 saturated carbocycles. The van der Waals surface area contributed by atoms with Crippen LogP contribution in [0.25, 0.3) is 21.3 Å². The molecule has 1 fully saturated rings. The zero-order valence-electron chi connectivity index (χ0n) is 17.5. The van der Waals surface area contributed by atoms with E-state index in [0.29, 0.717) is 29.5 Å². The average Bonchev–Trinajstić information content (AvgIpc) is 3.52. The van der Waals surface area contributed by atoms with E-state index in [-0.39, 0.29) is 29.4 Å². The minimum Gasteiger partial charge on any atom is -0.494 e. The number of Topliss-reactive ketones (excluding diaryl/α,β-unsaturated/α-hetero) is 1. The summed E-state index contributed by atoms with van der Waals surface area (Å²) in [5.41, 5.74) is 2.42. The van der Waals surface area contributed by atoms with Crippen molar-refractivity contribution in [2.45, 2.75) is 45.1 Å². The number of hydrogen-bond acceptors (Lipinski definition) is 6. The normalized spacial score (nSPS) is 15.7. The zero-order valence-corrected chi connectivity index (χ0v) is 18.3. The fourth-order valence-electron chi connectivity index (χ4n) is 4.33. The van der Waals surface area contributed by atoms with Gasteiger partial charge >= 0.3 is 5.97 Å². The minimum atomic E-state index is -0.595. The lowest BCUT2D eigenvalue weighted by Crippen LogP contribution is -2.21. The van der Waals surface area contributed by atoms with Crippen molar-refractivity contribution in [3.63, 3.8) is 0 Å². The van der Waals surface area contributed by atoms with Crippen molar-refractivity contribution < 1.29 is 19.1 Å². The number of carbonyl (C=O) groups excluding carboxylic acids is 2. The Morgan fingerprint density at radius 2 is 2.03 bits per heavy atom. The predicted molar refractivity (Wildman–Crippen MR) is 119 cm³/mol. The highest BCUT2D eigenvalue weighted by Crippen LogP contribution is 2.45. The molecule has 5 rings (SSSR count). The summed E-state index contributed by atoms with van der Waals surface area (Å²) in [6.07, 6.45) is 5.47. The standard InChI is InChI=1S/C24H23NO5S/c1-3-30-24(28)18-12-25(14-4-5-14)21-17(22(18)27)8-7-16(23(21)29-2)20-11-13-10-15(26)6-9-19(13)31-20/h7-8,11-12,14H,3-6,9-10H2,1-2H3. The first kappa shape index (κ1) is 20.0. The smallest absolute Gasteiger partial charge is 0.343 e. The number of esters is 1. The number of ketones is 1. The first-order valence-electron chi connectivity index (χ1n) is 10.6. The van der Waals surface area contributed by atoms with Crippen LogP contribution >= 0.6 is 11.3 Å². The van der Waals surface area contributed by atoms with E-state index in [1.54, 1.807) is 37.6 Å². The van der Waals surface area contributed by atoms with Crippen LogP contribution in [0.15, 0.2) is 29.2 Å². The van der Waals surface area contributed by atoms with Gasteiger partial charge in [-0.3, -0.25) is 9.59 Å². The van der Waals surface area contributed by atoms with Crippen molar-refractivity contribution in [3.05, 3.63) is 50.6 Å². The van der Waals surface area contributed by atoms with Gasteiger partial charge in [0.1, 0.15) is 11.3 Å². The van der Waals surface area contributed by atoms with E-state index < -0.39 is 5.97 Å². The Morgan fingerprint density at radius 3 is 2.74 bits per heavy atom. The van der Waals surface area contributed by atoms with E-state index in [9.17, 15) is 14.4 Å². The summed E-state index contributed by atoms with van der Waals surface area (Å²) < 4.78 is 13.0. The molecule has 0 atom stereocenters. The number of thiophene rings is 1. The monoisotopic (exact) mass is 437 g/mol. The highest BCUT2D eigenvalue weighted by molar-refractivity contribution is 7.15. The molecule has 0 amide bonds. The largest absolute Gasteiger partial charge is 0.494 e. The molecule has 2 aliphatic rings. The van der Waals surface area contributed by atoms with E-state index in [0.717, 1.165) is 35.3 Å². The summed E-state index contributed by atoms with van der Waals surface area (Å²) in [4.78, 5) is 39.7. The number of ether oxygens (including phenoxy) is 2. The van der Waals surface area contributed by atoms with Crippen LogP contribution in [0.2, 0.25) is 0 Å². The second-order valence-electron chi connectivity index (χ2n) is 8.05. The molecule has 6 nitrogen and oxygen atoms in total. The molecule has 0 aliphatic heterocycles. The van der Waals surface area contributed by atoms with E-state index >= 15 is 0 Å². The van der Waals surface area contributed by atoms with Gasteiger partial charge < -0.3 is 14.0 Å². The van der Waals surface area contributed by atoms with Crippen molar-refractivity contribution in [3.8, 4) is 16.2 Å². The highest BCUT2D eigenvalue weighted by Gasteiger charge is 2.30. The molecule has 0 bridgehead atoms. The molecule has 7 heteroatoms. The van der Waals surface area contributed by atoms with Crippen LogP contribution in [0.5, 0.6) is 5.75 Å². The van der Waals surface area contributed by atoms with Gasteiger partial charge in [-0.2, -0.15) is 0 Å². The van der Waals surface area contributed by atoms with E-state index in [1.807, 2.05) is 10.6 Å². The Bertz CT molecular complexity index is 1280. The molecule has 0 unspecified atom stereocenters. The van der Waals surface area contributed by atoms with Gasteiger partial charge in [-0.05, 0) is 49.9 Å². The van der Waals surface area contributed by atoms with Gasteiger partial charge in [-0.1, -0.05) is 0 Å². The van der Waals surface area contributed by atoms with Gasteiger partial charge in [-0.25, -0.2) is 4.79 Å². The van der Waals surface area contributed by atoms with Gasteiger partial charge in [0.15, 0.2) is 5.75 Å². The fourth-order valence-corrected chi connectivity index (χ4v) is 5.53. The molecule has 1 aromatic carbocycles. The van der Waals surface area contributed by atoms with Gasteiger partial charge in [0, 0.05) is 40.4 Å². The number of hydrogen-bond donors (Lipinski definition) is 0. The van der Waals surface area contributed by atoms with Crippen molar-refractivity contribution in [1.82, 2.24) is 4.57 Å². The number of pyridine rings is 1. The van der Waals surface area contributed by atoms with Crippen LogP contribution in [0.4, 0.5) is 0 Å². The Morgan fingerprint density at radius 1 is 1.23 bits per heavy atom. The molecule has 2 aliphatic carbocycles. The van der Waals surface area contributed by atoms with Gasteiger partial charge in [0.25, 0.3) is 0 Å². The Labute approximate surface area is 183 Å². The summed E-state index contributed by atoms with van der Waals surface area (Å²) >= 11 is 1.68. The zero-order chi connectivity index (χ0) is 21.7. The maximum Gasteiger partial charge on any atom is 0.343 e. The third-order valence-electron chi connectivity index (χ3n) is 5.97. The summed E-state index contributed by atoms with van der Waals surface area (Å²) in [7, 11) is 1.61. The highest BCUT2D eigenvalue weighted by atomic mass is 32.1. The summed E-state index contributed by atoms with van der Waals surface area (Å²) in [6, 6.07) is 5.97. The first-order chi connectivity index (χ1) is 15.0. The Kier molecular flexibility index (Phi) is 4.93. The van der Waals surface area contributed by atoms with Gasteiger partial charge in [0.05, 0.1) is 24.6 Å². The molecule has 0 N–H and O–H groups in total. The predicted octanol–water partition coefficient (Wildman–Crippen LogP) is 4.31. The lowest BCUT2D eigenvalue weighted by Gasteiger charge is -2.17. The van der Waals surface area contributed by atoms with Gasteiger partial charge in [-0.15, -0.1) is 11.3 Å². The topological polar surface area (TPSA) is 74.6 Å². The maximum atomic E-state index is 13.1. The molecule has 0 saturated heterocycles. The Balaban J connectivity index is 1.73. The van der Waals surface area contributed by atoms with Crippen LogP contribution in [-0.4, -0.2) is 30.0 Å². The Hall–Kier alpha value is -2.93. The summed E-state index contributed by atoms with van der Waals surface area (Å²) in [5.74, 6) is 0.306. The molecular weight excluding hydrogens is 414 g/mol. The van der Waals surface area contributed by atoms with Crippen LogP contribution in [-0.2, 0) is 22.4 Å². The lowest BCUT2D eigenvalue weighted by molar-refractivity contribution is -0.118. The number of rotatable bonds is 5. The van der Waals surface area contributed by atoms with Gasteiger partial charge in [0.2, 0.25) is 5.43 Å². The number of aryl methyl sites for hydroxylation is 1. The first-order valence-corrected chi connectivity index (χ1v) is 11.4. The second-order valence-corrected chi connectivity index (χ2v) is 9.18. The number of benzene rings is 1. The van der Waals surface area contributed by atoms with Crippen molar-refractivity contribution in [1.29, 1.82) is 0 Å². The van der Waals surface area contributed by atoms with Crippen molar-refractivity contribution in [2.24, 2.45) is 0 Å². The minimum absolute atomic E-state index is 0.0566. The van der Waals surface area contributed by atoms with Crippen LogP contribution in [0.1, 0.15) is 53.0 Å². The molecule has 160 valence electrons. The number of fused-ring (bicyclic) bond motifs is 2. The van der Waals surface area contributed by atoms with Crippen molar-refractivity contribution in [2.75, 3.05) is 13.7 Å². The number of nitrogens with zero attached hydrogens (tertiary/aromatic N) is 1. The average molecular weight is 438 g/mol. The van der Waals surface area contributed by atoms with Crippen LogP contribution in [0, 0.1) is 0 Å². The van der Waals surface area contributed by atoms with Crippen LogP contribution < -0.4 is 10.2 Å². The number of carbonyl (C=O) groups is 2. The molecule has 2 heterocycles. The van der Waals surface area contributed by atoms with Crippen LogP contribution in [0.3, 0.4) is 0 Å². The molecule has 31 heavy (non-hydrogen) atoms.